The van der Waals surface area contributed by atoms with Crippen LogP contribution < -0.4 is 4.90 Å². The molecule has 0 N–H and O–H groups in total. The second kappa shape index (κ2) is 17.6. The first-order chi connectivity index (χ1) is 37.7. The summed E-state index contributed by atoms with van der Waals surface area (Å²) < 4.78 is 8.85. The summed E-state index contributed by atoms with van der Waals surface area (Å²) in [4.78, 5) is 2.38. The van der Waals surface area contributed by atoms with Crippen LogP contribution in [-0.4, -0.2) is 4.57 Å². The van der Waals surface area contributed by atoms with E-state index in [0.717, 1.165) is 72.5 Å². The molecule has 0 saturated carbocycles. The fourth-order valence-electron chi connectivity index (χ4n) is 12.5. The summed E-state index contributed by atoms with van der Waals surface area (Å²) in [5.74, 6) is 0. The topological polar surface area (TPSA) is 21.3 Å². The van der Waals surface area contributed by atoms with E-state index in [9.17, 15) is 0 Å². The maximum atomic E-state index is 6.48. The second-order valence-electron chi connectivity index (χ2n) is 20.0. The lowest BCUT2D eigenvalue weighted by atomic mass is 9.68. The predicted molar refractivity (Wildman–Crippen MR) is 316 cm³/mol. The first-order valence-corrected chi connectivity index (χ1v) is 26.1. The zero-order valence-electron chi connectivity index (χ0n) is 41.5. The Kier molecular flexibility index (Phi) is 10.1. The monoisotopic (exact) mass is 968 g/mol. The highest BCUT2D eigenvalue weighted by atomic mass is 16.3. The van der Waals surface area contributed by atoms with Gasteiger partial charge in [0.2, 0.25) is 0 Å². The molecule has 0 amide bonds. The number of nitrogens with zero attached hydrogens (tertiary/aromatic N) is 2. The van der Waals surface area contributed by atoms with Gasteiger partial charge in [-0.05, 0) is 134 Å². The molecule has 356 valence electrons. The van der Waals surface area contributed by atoms with E-state index in [1.54, 1.807) is 0 Å². The van der Waals surface area contributed by atoms with E-state index in [2.05, 4.69) is 289 Å². The van der Waals surface area contributed by atoms with Crippen LogP contribution in [0.1, 0.15) is 22.3 Å². The van der Waals surface area contributed by atoms with Crippen LogP contribution in [-0.2, 0) is 5.41 Å². The number of hydrogen-bond acceptors (Lipinski definition) is 2. The van der Waals surface area contributed by atoms with E-state index in [0.29, 0.717) is 0 Å². The molecule has 0 fully saturated rings. The molecule has 3 nitrogen and oxygen atoms in total. The molecule has 0 spiro atoms. The third kappa shape index (κ3) is 6.83. The summed E-state index contributed by atoms with van der Waals surface area (Å²) >= 11 is 0. The van der Waals surface area contributed by atoms with Gasteiger partial charge in [-0.2, -0.15) is 0 Å². The number of benzene rings is 12. The van der Waals surface area contributed by atoms with Crippen LogP contribution in [0.5, 0.6) is 0 Å². The molecule has 0 radical (unpaired) electrons. The van der Waals surface area contributed by atoms with E-state index < -0.39 is 5.41 Å². The molecular formula is C73H48N2O. The highest BCUT2D eigenvalue weighted by molar-refractivity contribution is 6.10. The second-order valence-corrected chi connectivity index (χ2v) is 20.0. The standard InChI is InChI=1S/C73H48N2O/c1-2-18-54(19-3-1)73(67-27-9-4-20-61(67)62-21-5-10-28-68(62)73)55-38-46-58(47-39-55)74(56-40-32-49(33-41-56)50-34-44-59(45-35-50)75-69-29-11-6-22-63(69)64-23-7-12-30-70(64)75)57-42-36-51(37-43-57)52-16-14-17-53(48-52)60-25-15-26-66-65-24-8-13-31-71(65)76-72(60)66/h1-48H. The van der Waals surface area contributed by atoms with Crippen molar-refractivity contribution in [3.05, 3.63) is 313 Å². The summed E-state index contributed by atoms with van der Waals surface area (Å²) in [6.45, 7) is 0. The predicted octanol–water partition coefficient (Wildman–Crippen LogP) is 19.5. The summed E-state index contributed by atoms with van der Waals surface area (Å²) in [6.07, 6.45) is 0. The lowest BCUT2D eigenvalue weighted by Gasteiger charge is -2.34. The molecule has 15 rings (SSSR count). The average molecular weight is 969 g/mol. The fourth-order valence-corrected chi connectivity index (χ4v) is 12.5. The van der Waals surface area contributed by atoms with Gasteiger partial charge in [-0.1, -0.05) is 218 Å². The number of rotatable bonds is 9. The van der Waals surface area contributed by atoms with Crippen molar-refractivity contribution in [3.8, 4) is 50.2 Å². The van der Waals surface area contributed by atoms with Crippen LogP contribution >= 0.6 is 0 Å². The van der Waals surface area contributed by atoms with Crippen molar-refractivity contribution in [3.63, 3.8) is 0 Å². The zero-order valence-corrected chi connectivity index (χ0v) is 41.5. The van der Waals surface area contributed by atoms with E-state index >= 15 is 0 Å². The van der Waals surface area contributed by atoms with Gasteiger partial charge in [-0.25, -0.2) is 0 Å². The molecule has 1 aliphatic carbocycles. The van der Waals surface area contributed by atoms with Crippen LogP contribution in [0, 0.1) is 0 Å². The minimum Gasteiger partial charge on any atom is -0.455 e. The summed E-state index contributed by atoms with van der Waals surface area (Å²) in [5.41, 5.74) is 22.6. The summed E-state index contributed by atoms with van der Waals surface area (Å²) in [5, 5.41) is 4.79. The molecule has 0 bridgehead atoms. The minimum absolute atomic E-state index is 0.483. The summed E-state index contributed by atoms with van der Waals surface area (Å²) in [7, 11) is 0. The number of aromatic nitrogens is 1. The largest absolute Gasteiger partial charge is 0.455 e. The Morgan fingerprint density at radius 1 is 0.303 bits per heavy atom. The Hall–Kier alpha value is -9.96. The van der Waals surface area contributed by atoms with Gasteiger partial charge < -0.3 is 13.9 Å². The Morgan fingerprint density at radius 3 is 1.38 bits per heavy atom. The van der Waals surface area contributed by atoms with Gasteiger partial charge in [0, 0.05) is 49.9 Å². The first kappa shape index (κ1) is 43.6. The van der Waals surface area contributed by atoms with Crippen LogP contribution in [0.25, 0.3) is 93.9 Å². The Labute approximate surface area is 441 Å². The van der Waals surface area contributed by atoms with Crippen LogP contribution in [0.4, 0.5) is 17.1 Å². The van der Waals surface area contributed by atoms with Crippen molar-refractivity contribution in [2.75, 3.05) is 4.90 Å². The van der Waals surface area contributed by atoms with Gasteiger partial charge in [0.25, 0.3) is 0 Å². The van der Waals surface area contributed by atoms with E-state index in [4.69, 9.17) is 4.42 Å². The number of hydrogen-bond donors (Lipinski definition) is 0. The van der Waals surface area contributed by atoms with Crippen LogP contribution in [0.15, 0.2) is 296 Å². The molecule has 0 aliphatic heterocycles. The quantitative estimate of drug-likeness (QED) is 0.144. The van der Waals surface area contributed by atoms with Gasteiger partial charge in [-0.3, -0.25) is 0 Å². The maximum Gasteiger partial charge on any atom is 0.143 e. The maximum absolute atomic E-state index is 6.48. The lowest BCUT2D eigenvalue weighted by Crippen LogP contribution is -2.28. The number of anilines is 3. The fraction of sp³-hybridized carbons (Fsp3) is 0.0137. The molecule has 12 aromatic carbocycles. The molecule has 2 heterocycles. The first-order valence-electron chi connectivity index (χ1n) is 26.1. The molecular weight excluding hydrogens is 921 g/mol. The molecule has 76 heavy (non-hydrogen) atoms. The molecule has 0 saturated heterocycles. The average Bonchev–Trinajstić information content (AvgIpc) is 4.29. The van der Waals surface area contributed by atoms with Gasteiger partial charge in [0.15, 0.2) is 0 Å². The Balaban J connectivity index is 0.815. The normalized spacial score (nSPS) is 12.6. The van der Waals surface area contributed by atoms with Crippen molar-refractivity contribution in [1.29, 1.82) is 0 Å². The molecule has 14 aromatic rings. The number of para-hydroxylation sites is 4. The van der Waals surface area contributed by atoms with Crippen molar-refractivity contribution < 1.29 is 4.42 Å². The van der Waals surface area contributed by atoms with Crippen molar-refractivity contribution in [2.45, 2.75) is 5.41 Å². The SMILES string of the molecule is c1ccc(C2(c3ccc(N(c4ccc(-c5ccc(-n6c7ccccc7c7ccccc76)cc5)cc4)c4ccc(-c5cccc(-c6cccc7c6oc6ccccc67)c5)cc4)cc3)c3ccccc3-c3ccccc32)cc1. The smallest absolute Gasteiger partial charge is 0.143 e. The molecule has 0 unspecified atom stereocenters. The van der Waals surface area contributed by atoms with Gasteiger partial charge >= 0.3 is 0 Å². The van der Waals surface area contributed by atoms with Crippen molar-refractivity contribution in [2.24, 2.45) is 0 Å². The molecule has 3 heteroatoms. The molecule has 1 aliphatic rings. The van der Waals surface area contributed by atoms with Crippen LogP contribution in [0.2, 0.25) is 0 Å². The highest BCUT2D eigenvalue weighted by Gasteiger charge is 2.45. The Bertz CT molecular complexity index is 4390. The third-order valence-corrected chi connectivity index (χ3v) is 15.9. The minimum atomic E-state index is -0.483. The number of fused-ring (bicyclic) bond motifs is 9. The van der Waals surface area contributed by atoms with E-state index in [-0.39, 0.29) is 0 Å². The molecule has 0 atom stereocenters. The number of furan rings is 1. The van der Waals surface area contributed by atoms with Crippen molar-refractivity contribution in [1.82, 2.24) is 4.57 Å². The van der Waals surface area contributed by atoms with E-state index in [1.807, 2.05) is 12.1 Å². The zero-order chi connectivity index (χ0) is 50.2. The molecule has 2 aromatic heterocycles. The van der Waals surface area contributed by atoms with E-state index in [1.165, 1.54) is 60.8 Å². The lowest BCUT2D eigenvalue weighted by molar-refractivity contribution is 0.670. The Morgan fingerprint density at radius 2 is 0.750 bits per heavy atom. The third-order valence-electron chi connectivity index (χ3n) is 15.9. The highest BCUT2D eigenvalue weighted by Crippen LogP contribution is 2.56. The summed E-state index contributed by atoms with van der Waals surface area (Å²) in [6, 6.07) is 106. The van der Waals surface area contributed by atoms with Gasteiger partial charge in [0.1, 0.15) is 11.2 Å². The van der Waals surface area contributed by atoms with Crippen molar-refractivity contribution >= 4 is 60.8 Å². The van der Waals surface area contributed by atoms with Crippen LogP contribution in [0.3, 0.4) is 0 Å². The van der Waals surface area contributed by atoms with Gasteiger partial charge in [-0.15, -0.1) is 0 Å². The van der Waals surface area contributed by atoms with Gasteiger partial charge in [0.05, 0.1) is 16.4 Å².